The molecule has 1 fully saturated rings. The van der Waals surface area contributed by atoms with Gasteiger partial charge in [0.25, 0.3) is 5.91 Å². The number of carbonyl (C=O) groups is 1. The maximum Gasteiger partial charge on any atom is 0.260 e. The number of ether oxygens (including phenoxy) is 1. The van der Waals surface area contributed by atoms with Gasteiger partial charge < -0.3 is 15.4 Å². The van der Waals surface area contributed by atoms with Crippen LogP contribution in [0.1, 0.15) is 24.2 Å². The molecule has 1 saturated heterocycles. The van der Waals surface area contributed by atoms with Gasteiger partial charge in [0.15, 0.2) is 5.82 Å². The Hall–Kier alpha value is -1.69. The SMILES string of the molecule is CC1(C)COCCN1C(=O)c1c(F)ccc(N)c1F. The highest BCUT2D eigenvalue weighted by Gasteiger charge is 2.36. The maximum absolute atomic E-state index is 13.9. The van der Waals surface area contributed by atoms with Crippen LogP contribution in [-0.2, 0) is 4.74 Å². The Morgan fingerprint density at radius 2 is 2.11 bits per heavy atom. The van der Waals surface area contributed by atoms with Crippen molar-refractivity contribution in [1.29, 1.82) is 0 Å². The van der Waals surface area contributed by atoms with Crippen molar-refractivity contribution < 1.29 is 18.3 Å². The predicted octanol–water partition coefficient (Wildman–Crippen LogP) is 1.80. The Morgan fingerprint density at radius 1 is 1.42 bits per heavy atom. The molecule has 1 amide bonds. The topological polar surface area (TPSA) is 55.6 Å². The van der Waals surface area contributed by atoms with Crippen molar-refractivity contribution >= 4 is 11.6 Å². The average Bonchev–Trinajstić information content (AvgIpc) is 2.33. The van der Waals surface area contributed by atoms with Gasteiger partial charge in [-0.15, -0.1) is 0 Å². The number of hydrogen-bond acceptors (Lipinski definition) is 3. The van der Waals surface area contributed by atoms with Crippen LogP contribution >= 0.6 is 0 Å². The molecule has 0 aliphatic carbocycles. The van der Waals surface area contributed by atoms with E-state index in [9.17, 15) is 13.6 Å². The number of amides is 1. The molecule has 1 aliphatic heterocycles. The quantitative estimate of drug-likeness (QED) is 0.792. The number of benzene rings is 1. The second-order valence-electron chi connectivity index (χ2n) is 5.15. The Morgan fingerprint density at radius 3 is 2.74 bits per heavy atom. The van der Waals surface area contributed by atoms with Crippen LogP contribution in [0.25, 0.3) is 0 Å². The van der Waals surface area contributed by atoms with Crippen molar-refractivity contribution in [1.82, 2.24) is 4.90 Å². The van der Waals surface area contributed by atoms with Gasteiger partial charge in [-0.3, -0.25) is 4.79 Å². The van der Waals surface area contributed by atoms with E-state index in [0.717, 1.165) is 12.1 Å². The monoisotopic (exact) mass is 270 g/mol. The van der Waals surface area contributed by atoms with Crippen LogP contribution in [0.5, 0.6) is 0 Å². The summed E-state index contributed by atoms with van der Waals surface area (Å²) in [5.41, 5.74) is 3.93. The summed E-state index contributed by atoms with van der Waals surface area (Å²) in [6.07, 6.45) is 0. The second kappa shape index (κ2) is 4.77. The van der Waals surface area contributed by atoms with Crippen LogP contribution < -0.4 is 5.73 Å². The molecule has 0 spiro atoms. The summed E-state index contributed by atoms with van der Waals surface area (Å²) in [6.45, 7) is 4.53. The van der Waals surface area contributed by atoms with Gasteiger partial charge in [0.2, 0.25) is 0 Å². The largest absolute Gasteiger partial charge is 0.396 e. The summed E-state index contributed by atoms with van der Waals surface area (Å²) in [5.74, 6) is -2.61. The van der Waals surface area contributed by atoms with Gasteiger partial charge in [-0.05, 0) is 26.0 Å². The molecule has 2 N–H and O–H groups in total. The van der Waals surface area contributed by atoms with Crippen molar-refractivity contribution in [2.45, 2.75) is 19.4 Å². The highest BCUT2D eigenvalue weighted by Crippen LogP contribution is 2.26. The van der Waals surface area contributed by atoms with E-state index in [0.29, 0.717) is 19.8 Å². The summed E-state index contributed by atoms with van der Waals surface area (Å²) < 4.78 is 32.9. The third kappa shape index (κ3) is 2.40. The third-order valence-corrected chi connectivity index (χ3v) is 3.23. The number of anilines is 1. The lowest BCUT2D eigenvalue weighted by Crippen LogP contribution is -2.55. The van der Waals surface area contributed by atoms with Crippen molar-refractivity contribution in [3.8, 4) is 0 Å². The molecule has 1 aliphatic rings. The molecule has 104 valence electrons. The maximum atomic E-state index is 13.9. The summed E-state index contributed by atoms with van der Waals surface area (Å²) in [6, 6.07) is 2.10. The van der Waals surface area contributed by atoms with E-state index in [1.165, 1.54) is 4.90 Å². The Kier molecular flexibility index (Phi) is 3.45. The zero-order valence-corrected chi connectivity index (χ0v) is 10.9. The lowest BCUT2D eigenvalue weighted by atomic mass is 10.0. The van der Waals surface area contributed by atoms with Crippen LogP contribution in [0.3, 0.4) is 0 Å². The standard InChI is InChI=1S/C13H16F2N2O2/c1-13(2)7-19-6-5-17(13)12(18)10-8(14)3-4-9(16)11(10)15/h3-4H,5-7,16H2,1-2H3. The number of morpholine rings is 1. The molecular formula is C13H16F2N2O2. The van der Waals surface area contributed by atoms with E-state index < -0.39 is 28.6 Å². The molecule has 0 radical (unpaired) electrons. The van der Waals surface area contributed by atoms with Crippen molar-refractivity contribution in [2.75, 3.05) is 25.5 Å². The van der Waals surface area contributed by atoms with Crippen LogP contribution in [0.2, 0.25) is 0 Å². The molecule has 2 rings (SSSR count). The van der Waals surface area contributed by atoms with E-state index in [1.807, 2.05) is 0 Å². The summed E-state index contributed by atoms with van der Waals surface area (Å²) in [4.78, 5) is 13.8. The average molecular weight is 270 g/mol. The normalized spacial score (nSPS) is 18.4. The zero-order valence-electron chi connectivity index (χ0n) is 10.9. The first kappa shape index (κ1) is 13.7. The summed E-state index contributed by atoms with van der Waals surface area (Å²) in [5, 5.41) is 0. The van der Waals surface area contributed by atoms with Crippen molar-refractivity contribution in [3.63, 3.8) is 0 Å². The van der Waals surface area contributed by atoms with Gasteiger partial charge in [0.1, 0.15) is 11.4 Å². The minimum absolute atomic E-state index is 0.240. The lowest BCUT2D eigenvalue weighted by molar-refractivity contribution is -0.0374. The van der Waals surface area contributed by atoms with Gasteiger partial charge in [-0.2, -0.15) is 0 Å². The fraction of sp³-hybridized carbons (Fsp3) is 0.462. The molecule has 0 atom stereocenters. The lowest BCUT2D eigenvalue weighted by Gasteiger charge is -2.42. The molecule has 19 heavy (non-hydrogen) atoms. The number of halogens is 2. The number of rotatable bonds is 1. The molecule has 0 unspecified atom stereocenters. The van der Waals surface area contributed by atoms with Crippen LogP contribution in [0, 0.1) is 11.6 Å². The van der Waals surface area contributed by atoms with Gasteiger partial charge in [0.05, 0.1) is 24.4 Å². The molecule has 1 aromatic carbocycles. The van der Waals surface area contributed by atoms with E-state index in [2.05, 4.69) is 0 Å². The minimum atomic E-state index is -1.01. The number of nitrogens with two attached hydrogens (primary N) is 1. The van der Waals surface area contributed by atoms with Crippen molar-refractivity contribution in [2.24, 2.45) is 0 Å². The van der Waals surface area contributed by atoms with Gasteiger partial charge >= 0.3 is 0 Å². The fourth-order valence-electron chi connectivity index (χ4n) is 2.13. The van der Waals surface area contributed by atoms with Gasteiger partial charge in [-0.25, -0.2) is 8.78 Å². The highest BCUT2D eigenvalue weighted by atomic mass is 19.1. The van der Waals surface area contributed by atoms with E-state index >= 15 is 0 Å². The van der Waals surface area contributed by atoms with Crippen LogP contribution in [0.4, 0.5) is 14.5 Å². The molecule has 1 aromatic rings. The van der Waals surface area contributed by atoms with E-state index in [1.54, 1.807) is 13.8 Å². The smallest absolute Gasteiger partial charge is 0.260 e. The van der Waals surface area contributed by atoms with Crippen LogP contribution in [-0.4, -0.2) is 36.1 Å². The molecular weight excluding hydrogens is 254 g/mol. The first-order valence-corrected chi connectivity index (χ1v) is 5.98. The minimum Gasteiger partial charge on any atom is -0.396 e. The van der Waals surface area contributed by atoms with Gasteiger partial charge in [0, 0.05) is 6.54 Å². The Labute approximate surface area is 110 Å². The first-order chi connectivity index (χ1) is 8.84. The fourth-order valence-corrected chi connectivity index (χ4v) is 2.13. The van der Waals surface area contributed by atoms with Crippen LogP contribution in [0.15, 0.2) is 12.1 Å². The summed E-state index contributed by atoms with van der Waals surface area (Å²) >= 11 is 0. The number of nitrogen functional groups attached to an aromatic ring is 1. The molecule has 6 heteroatoms. The van der Waals surface area contributed by atoms with Gasteiger partial charge in [-0.1, -0.05) is 0 Å². The molecule has 0 saturated carbocycles. The predicted molar refractivity (Wildman–Crippen MR) is 66.7 cm³/mol. The first-order valence-electron chi connectivity index (χ1n) is 5.98. The van der Waals surface area contributed by atoms with E-state index in [4.69, 9.17) is 10.5 Å². The number of nitrogens with zero attached hydrogens (tertiary/aromatic N) is 1. The Balaban J connectivity index is 2.42. The molecule has 0 aromatic heterocycles. The second-order valence-corrected chi connectivity index (χ2v) is 5.15. The Bertz CT molecular complexity index is 518. The zero-order chi connectivity index (χ0) is 14.2. The number of carbonyl (C=O) groups excluding carboxylic acids is 1. The third-order valence-electron chi connectivity index (χ3n) is 3.23. The summed E-state index contributed by atoms with van der Waals surface area (Å²) in [7, 11) is 0. The number of hydrogen-bond donors (Lipinski definition) is 1. The van der Waals surface area contributed by atoms with E-state index in [-0.39, 0.29) is 5.69 Å². The molecule has 1 heterocycles. The molecule has 0 bridgehead atoms. The molecule has 4 nitrogen and oxygen atoms in total. The highest BCUT2D eigenvalue weighted by molar-refractivity contribution is 5.96. The van der Waals surface area contributed by atoms with Crippen molar-refractivity contribution in [3.05, 3.63) is 29.3 Å².